The van der Waals surface area contributed by atoms with Crippen molar-refractivity contribution >= 4 is 28.9 Å². The summed E-state index contributed by atoms with van der Waals surface area (Å²) < 4.78 is 0. The largest absolute Gasteiger partial charge is 0.369 e. The lowest BCUT2D eigenvalue weighted by molar-refractivity contribution is 0.831. The van der Waals surface area contributed by atoms with Gasteiger partial charge >= 0.3 is 0 Å². The topological polar surface area (TPSA) is 37.8 Å². The molecule has 0 aliphatic rings. The third-order valence-electron chi connectivity index (χ3n) is 3.67. The Morgan fingerprint density at radius 1 is 0.913 bits per heavy atom. The number of nitrogens with one attached hydrogen (secondary N) is 1. The number of benzene rings is 2. The van der Waals surface area contributed by atoms with E-state index in [1.807, 2.05) is 48.6 Å². The monoisotopic (exact) mass is 303 g/mol. The van der Waals surface area contributed by atoms with Crippen molar-refractivity contribution in [3.8, 4) is 0 Å². The SMILES string of the molecule is CCCCNc1nc(/C=C/c2ccccc2)nc2ccccc12. The summed E-state index contributed by atoms with van der Waals surface area (Å²) in [5.74, 6) is 1.64. The quantitative estimate of drug-likeness (QED) is 0.650. The molecule has 116 valence electrons. The standard InChI is InChI=1S/C20H21N3/c1-2-3-15-21-20-17-11-7-8-12-18(17)22-19(23-20)14-13-16-9-5-4-6-10-16/h4-14H,2-3,15H2,1H3,(H,21,22,23)/b14-13+. The average Bonchev–Trinajstić information content (AvgIpc) is 2.61. The Kier molecular flexibility index (Phi) is 4.99. The second-order valence-electron chi connectivity index (χ2n) is 5.47. The Morgan fingerprint density at radius 2 is 1.70 bits per heavy atom. The number of fused-ring (bicyclic) bond motifs is 1. The van der Waals surface area contributed by atoms with Crippen molar-refractivity contribution in [3.05, 3.63) is 66.0 Å². The molecule has 1 aromatic heterocycles. The fourth-order valence-corrected chi connectivity index (χ4v) is 2.42. The molecule has 0 atom stereocenters. The molecule has 0 saturated carbocycles. The molecule has 3 aromatic rings. The van der Waals surface area contributed by atoms with E-state index in [1.54, 1.807) is 0 Å². The van der Waals surface area contributed by atoms with Crippen LogP contribution in [0.15, 0.2) is 54.6 Å². The molecular formula is C20H21N3. The first-order valence-electron chi connectivity index (χ1n) is 8.10. The van der Waals surface area contributed by atoms with Gasteiger partial charge in [0.05, 0.1) is 5.52 Å². The lowest BCUT2D eigenvalue weighted by Crippen LogP contribution is -2.05. The predicted molar refractivity (Wildman–Crippen MR) is 98.3 cm³/mol. The molecule has 0 unspecified atom stereocenters. The summed E-state index contributed by atoms with van der Waals surface area (Å²) in [6.45, 7) is 3.12. The molecule has 3 heteroatoms. The van der Waals surface area contributed by atoms with Crippen LogP contribution >= 0.6 is 0 Å². The number of hydrogen-bond acceptors (Lipinski definition) is 3. The maximum absolute atomic E-state index is 4.68. The van der Waals surface area contributed by atoms with Gasteiger partial charge in [-0.3, -0.25) is 0 Å². The molecule has 1 heterocycles. The maximum Gasteiger partial charge on any atom is 0.154 e. The van der Waals surface area contributed by atoms with Crippen molar-refractivity contribution in [2.75, 3.05) is 11.9 Å². The van der Waals surface area contributed by atoms with Crippen molar-refractivity contribution in [1.82, 2.24) is 9.97 Å². The highest BCUT2D eigenvalue weighted by Crippen LogP contribution is 2.21. The lowest BCUT2D eigenvalue weighted by atomic mass is 10.2. The fraction of sp³-hybridized carbons (Fsp3) is 0.200. The van der Waals surface area contributed by atoms with Gasteiger partial charge in [0.2, 0.25) is 0 Å². The minimum atomic E-state index is 0.728. The zero-order valence-corrected chi connectivity index (χ0v) is 13.4. The molecule has 23 heavy (non-hydrogen) atoms. The molecule has 0 fully saturated rings. The molecule has 0 saturated heterocycles. The van der Waals surface area contributed by atoms with E-state index < -0.39 is 0 Å². The number of unbranched alkanes of at least 4 members (excludes halogenated alkanes) is 1. The van der Waals surface area contributed by atoms with E-state index >= 15 is 0 Å². The smallest absolute Gasteiger partial charge is 0.154 e. The van der Waals surface area contributed by atoms with Gasteiger partial charge in [0.1, 0.15) is 5.82 Å². The summed E-state index contributed by atoms with van der Waals surface area (Å²) in [6.07, 6.45) is 6.30. The van der Waals surface area contributed by atoms with E-state index in [-0.39, 0.29) is 0 Å². The Hall–Kier alpha value is -2.68. The third-order valence-corrected chi connectivity index (χ3v) is 3.67. The van der Waals surface area contributed by atoms with E-state index in [4.69, 9.17) is 0 Å². The van der Waals surface area contributed by atoms with Crippen LogP contribution in [0.1, 0.15) is 31.2 Å². The fourth-order valence-electron chi connectivity index (χ4n) is 2.42. The summed E-state index contributed by atoms with van der Waals surface area (Å²) in [7, 11) is 0. The molecule has 0 amide bonds. The van der Waals surface area contributed by atoms with Gasteiger partial charge in [0.25, 0.3) is 0 Å². The number of anilines is 1. The van der Waals surface area contributed by atoms with Crippen molar-refractivity contribution in [3.63, 3.8) is 0 Å². The maximum atomic E-state index is 4.68. The molecule has 0 radical (unpaired) electrons. The van der Waals surface area contributed by atoms with Gasteiger partial charge < -0.3 is 5.32 Å². The number of rotatable bonds is 6. The van der Waals surface area contributed by atoms with Gasteiger partial charge in [-0.25, -0.2) is 9.97 Å². The van der Waals surface area contributed by atoms with Crippen LogP contribution in [0.25, 0.3) is 23.1 Å². The van der Waals surface area contributed by atoms with Gasteiger partial charge in [-0.05, 0) is 30.2 Å². The van der Waals surface area contributed by atoms with Gasteiger partial charge in [-0.2, -0.15) is 0 Å². The molecule has 3 rings (SSSR count). The number of hydrogen-bond donors (Lipinski definition) is 1. The summed E-state index contributed by atoms with van der Waals surface area (Å²) in [5, 5.41) is 4.51. The highest BCUT2D eigenvalue weighted by atomic mass is 15.0. The zero-order valence-electron chi connectivity index (χ0n) is 13.4. The Labute approximate surface area is 137 Å². The minimum absolute atomic E-state index is 0.728. The van der Waals surface area contributed by atoms with Gasteiger partial charge in [0, 0.05) is 11.9 Å². The normalized spacial score (nSPS) is 11.2. The van der Waals surface area contributed by atoms with E-state index in [2.05, 4.69) is 40.4 Å². The van der Waals surface area contributed by atoms with Crippen LogP contribution in [0.4, 0.5) is 5.82 Å². The van der Waals surface area contributed by atoms with Crippen LogP contribution in [-0.4, -0.2) is 16.5 Å². The van der Waals surface area contributed by atoms with Crippen LogP contribution in [0.3, 0.4) is 0 Å². The van der Waals surface area contributed by atoms with E-state index in [9.17, 15) is 0 Å². The summed E-state index contributed by atoms with van der Waals surface area (Å²) >= 11 is 0. The minimum Gasteiger partial charge on any atom is -0.369 e. The first kappa shape index (κ1) is 15.2. The number of para-hydroxylation sites is 1. The molecule has 3 nitrogen and oxygen atoms in total. The van der Waals surface area contributed by atoms with Gasteiger partial charge in [-0.1, -0.05) is 61.9 Å². The second kappa shape index (κ2) is 7.54. The molecule has 1 N–H and O–H groups in total. The molecule has 0 aliphatic heterocycles. The van der Waals surface area contributed by atoms with Crippen molar-refractivity contribution in [2.45, 2.75) is 19.8 Å². The molecule has 2 aromatic carbocycles. The van der Waals surface area contributed by atoms with E-state index in [0.29, 0.717) is 0 Å². The Balaban J connectivity index is 1.92. The zero-order chi connectivity index (χ0) is 15.9. The summed E-state index contributed by atoms with van der Waals surface area (Å²) in [5.41, 5.74) is 2.11. The highest BCUT2D eigenvalue weighted by molar-refractivity contribution is 5.90. The van der Waals surface area contributed by atoms with Crippen molar-refractivity contribution in [2.24, 2.45) is 0 Å². The Bertz CT molecular complexity index is 794. The molecular weight excluding hydrogens is 282 g/mol. The van der Waals surface area contributed by atoms with E-state index in [0.717, 1.165) is 47.5 Å². The predicted octanol–water partition coefficient (Wildman–Crippen LogP) is 5.01. The Morgan fingerprint density at radius 3 is 2.52 bits per heavy atom. The van der Waals surface area contributed by atoms with Crippen molar-refractivity contribution in [1.29, 1.82) is 0 Å². The van der Waals surface area contributed by atoms with E-state index in [1.165, 1.54) is 0 Å². The molecule has 0 aliphatic carbocycles. The first-order chi connectivity index (χ1) is 11.4. The van der Waals surface area contributed by atoms with Crippen LogP contribution in [0.5, 0.6) is 0 Å². The number of nitrogens with zero attached hydrogens (tertiary/aromatic N) is 2. The van der Waals surface area contributed by atoms with Crippen LogP contribution < -0.4 is 5.32 Å². The average molecular weight is 303 g/mol. The van der Waals surface area contributed by atoms with Gasteiger partial charge in [0.15, 0.2) is 5.82 Å². The van der Waals surface area contributed by atoms with Crippen LogP contribution in [0, 0.1) is 0 Å². The second-order valence-corrected chi connectivity index (χ2v) is 5.47. The summed E-state index contributed by atoms with van der Waals surface area (Å²) in [6, 6.07) is 18.3. The molecule has 0 bridgehead atoms. The third kappa shape index (κ3) is 3.95. The molecule has 0 spiro atoms. The van der Waals surface area contributed by atoms with Gasteiger partial charge in [-0.15, -0.1) is 0 Å². The van der Waals surface area contributed by atoms with Crippen LogP contribution in [-0.2, 0) is 0 Å². The van der Waals surface area contributed by atoms with Crippen LogP contribution in [0.2, 0.25) is 0 Å². The lowest BCUT2D eigenvalue weighted by Gasteiger charge is -2.09. The first-order valence-corrected chi connectivity index (χ1v) is 8.10. The summed E-state index contributed by atoms with van der Waals surface area (Å²) in [4.78, 5) is 9.32. The number of aromatic nitrogens is 2. The highest BCUT2D eigenvalue weighted by Gasteiger charge is 2.05. The van der Waals surface area contributed by atoms with Crippen molar-refractivity contribution < 1.29 is 0 Å².